The van der Waals surface area contributed by atoms with Crippen molar-refractivity contribution in [2.45, 2.75) is 30.7 Å². The van der Waals surface area contributed by atoms with Crippen LogP contribution in [0.3, 0.4) is 0 Å². The lowest BCUT2D eigenvalue weighted by molar-refractivity contribution is 0.0951. The molecule has 1 amide bonds. The highest BCUT2D eigenvalue weighted by molar-refractivity contribution is 7.89. The van der Waals surface area contributed by atoms with Crippen LogP contribution in [0.15, 0.2) is 40.6 Å². The number of benzene rings is 1. The van der Waals surface area contributed by atoms with Gasteiger partial charge in [0.05, 0.1) is 0 Å². The number of thiophene rings is 1. The van der Waals surface area contributed by atoms with Crippen molar-refractivity contribution in [2.24, 2.45) is 0 Å². The summed E-state index contributed by atoms with van der Waals surface area (Å²) in [6.07, 6.45) is 2.70. The summed E-state index contributed by atoms with van der Waals surface area (Å²) in [4.78, 5) is 12.7. The molecule has 0 unspecified atom stereocenters. The number of carbonyl (C=O) groups excluding carboxylic acids is 1. The lowest BCUT2D eigenvalue weighted by atomic mass is 10.2. The van der Waals surface area contributed by atoms with Gasteiger partial charge in [-0.3, -0.25) is 4.79 Å². The number of nitrogens with one attached hydrogen (secondary N) is 1. The number of sulfonamides is 1. The molecule has 0 saturated carbocycles. The topological polar surface area (TPSA) is 66.5 Å². The number of hydrogen-bond acceptors (Lipinski definition) is 4. The molecule has 8 heteroatoms. The number of rotatable bonds is 5. The summed E-state index contributed by atoms with van der Waals surface area (Å²) >= 11 is 1.09. The minimum atomic E-state index is -3.66. The van der Waals surface area contributed by atoms with E-state index in [-0.39, 0.29) is 22.1 Å². The van der Waals surface area contributed by atoms with Crippen LogP contribution in [0.5, 0.6) is 0 Å². The number of halogens is 1. The first-order chi connectivity index (χ1) is 12.0. The molecule has 0 atom stereocenters. The van der Waals surface area contributed by atoms with Crippen molar-refractivity contribution in [3.63, 3.8) is 0 Å². The van der Waals surface area contributed by atoms with E-state index < -0.39 is 15.9 Å². The SMILES string of the molecule is O=C(NCc1cccc(F)c1)c1sccc1S(=O)(=O)N1CCCCC1. The Labute approximate surface area is 150 Å². The zero-order valence-electron chi connectivity index (χ0n) is 13.6. The average Bonchev–Trinajstić information content (AvgIpc) is 3.11. The molecule has 25 heavy (non-hydrogen) atoms. The molecule has 0 spiro atoms. The van der Waals surface area contributed by atoms with Crippen molar-refractivity contribution >= 4 is 27.3 Å². The van der Waals surface area contributed by atoms with E-state index in [9.17, 15) is 17.6 Å². The summed E-state index contributed by atoms with van der Waals surface area (Å²) in [6.45, 7) is 1.11. The molecule has 1 N–H and O–H groups in total. The highest BCUT2D eigenvalue weighted by atomic mass is 32.2. The minimum Gasteiger partial charge on any atom is -0.347 e. The smallest absolute Gasteiger partial charge is 0.263 e. The van der Waals surface area contributed by atoms with Gasteiger partial charge in [0, 0.05) is 19.6 Å². The van der Waals surface area contributed by atoms with Crippen LogP contribution >= 0.6 is 11.3 Å². The second-order valence-corrected chi connectivity index (χ2v) is 8.71. The molecule has 1 aliphatic rings. The Morgan fingerprint density at radius 2 is 1.96 bits per heavy atom. The number of hydrogen-bond donors (Lipinski definition) is 1. The third-order valence-electron chi connectivity index (χ3n) is 4.11. The van der Waals surface area contributed by atoms with Crippen LogP contribution in [0.1, 0.15) is 34.5 Å². The predicted octanol–water partition coefficient (Wildman–Crippen LogP) is 2.99. The zero-order valence-corrected chi connectivity index (χ0v) is 15.2. The monoisotopic (exact) mass is 382 g/mol. The molecule has 3 rings (SSSR count). The summed E-state index contributed by atoms with van der Waals surface area (Å²) in [7, 11) is -3.66. The van der Waals surface area contributed by atoms with Crippen molar-refractivity contribution in [3.8, 4) is 0 Å². The summed E-state index contributed by atoms with van der Waals surface area (Å²) < 4.78 is 40.2. The molecule has 1 aliphatic heterocycles. The fourth-order valence-electron chi connectivity index (χ4n) is 2.82. The Morgan fingerprint density at radius 3 is 2.68 bits per heavy atom. The largest absolute Gasteiger partial charge is 0.347 e. The van der Waals surface area contributed by atoms with Crippen molar-refractivity contribution < 1.29 is 17.6 Å². The second-order valence-electron chi connectivity index (χ2n) is 5.89. The Kier molecular flexibility index (Phi) is 5.51. The minimum absolute atomic E-state index is 0.0520. The Balaban J connectivity index is 1.75. The molecule has 1 aromatic heterocycles. The Morgan fingerprint density at radius 1 is 1.20 bits per heavy atom. The third-order valence-corrected chi connectivity index (χ3v) is 7.09. The first-order valence-corrected chi connectivity index (χ1v) is 10.4. The van der Waals surface area contributed by atoms with E-state index in [1.165, 1.54) is 22.5 Å². The second kappa shape index (κ2) is 7.63. The van der Waals surface area contributed by atoms with Crippen LogP contribution in [-0.2, 0) is 16.6 Å². The molecule has 1 aromatic carbocycles. The number of piperidine rings is 1. The van der Waals surface area contributed by atoms with Crippen LogP contribution in [0.25, 0.3) is 0 Å². The van der Waals surface area contributed by atoms with Crippen LogP contribution in [-0.4, -0.2) is 31.7 Å². The fraction of sp³-hybridized carbons (Fsp3) is 0.353. The molecule has 0 bridgehead atoms. The Hall–Kier alpha value is -1.77. The fourth-order valence-corrected chi connectivity index (χ4v) is 5.65. The normalized spacial score (nSPS) is 15.9. The third kappa shape index (κ3) is 4.08. The van der Waals surface area contributed by atoms with Crippen molar-refractivity contribution in [1.82, 2.24) is 9.62 Å². The van der Waals surface area contributed by atoms with Gasteiger partial charge in [-0.05, 0) is 42.0 Å². The lowest BCUT2D eigenvalue weighted by Gasteiger charge is -2.25. The Bertz CT molecular complexity index is 858. The molecule has 5 nitrogen and oxygen atoms in total. The van der Waals surface area contributed by atoms with Gasteiger partial charge in [-0.1, -0.05) is 18.6 Å². The molecule has 134 valence electrons. The highest BCUT2D eigenvalue weighted by Gasteiger charge is 2.30. The molecule has 0 radical (unpaired) electrons. The molecular weight excluding hydrogens is 363 g/mol. The van der Waals surface area contributed by atoms with E-state index in [0.717, 1.165) is 30.6 Å². The molecule has 2 aromatic rings. The average molecular weight is 382 g/mol. The maximum absolute atomic E-state index is 13.2. The van der Waals surface area contributed by atoms with E-state index in [4.69, 9.17) is 0 Å². The van der Waals surface area contributed by atoms with Gasteiger partial charge in [0.25, 0.3) is 5.91 Å². The molecule has 1 saturated heterocycles. The number of carbonyl (C=O) groups is 1. The van der Waals surface area contributed by atoms with Crippen molar-refractivity contribution in [3.05, 3.63) is 52.0 Å². The van der Waals surface area contributed by atoms with Crippen LogP contribution in [0.2, 0.25) is 0 Å². The standard InChI is InChI=1S/C17H19FN2O3S2/c18-14-6-4-5-13(11-14)12-19-17(21)16-15(7-10-24-16)25(22,23)20-8-2-1-3-9-20/h4-7,10-11H,1-3,8-9,12H2,(H,19,21). The van der Waals surface area contributed by atoms with Crippen LogP contribution in [0, 0.1) is 5.82 Å². The number of amides is 1. The van der Waals surface area contributed by atoms with Crippen molar-refractivity contribution in [2.75, 3.05) is 13.1 Å². The number of nitrogens with zero attached hydrogens (tertiary/aromatic N) is 1. The summed E-state index contributed by atoms with van der Waals surface area (Å²) in [5.41, 5.74) is 0.616. The van der Waals surface area contributed by atoms with Crippen LogP contribution < -0.4 is 5.32 Å². The molecule has 2 heterocycles. The van der Waals surface area contributed by atoms with Gasteiger partial charge in [-0.25, -0.2) is 12.8 Å². The molecular formula is C17H19FN2O3S2. The van der Waals surface area contributed by atoms with Crippen LogP contribution in [0.4, 0.5) is 4.39 Å². The highest BCUT2D eigenvalue weighted by Crippen LogP contribution is 2.27. The summed E-state index contributed by atoms with van der Waals surface area (Å²) in [5, 5.41) is 4.27. The van der Waals surface area contributed by atoms with Gasteiger partial charge in [0.2, 0.25) is 10.0 Å². The maximum atomic E-state index is 13.2. The first-order valence-electron chi connectivity index (χ1n) is 8.09. The lowest BCUT2D eigenvalue weighted by Crippen LogP contribution is -2.36. The predicted molar refractivity (Wildman–Crippen MR) is 94.5 cm³/mol. The van der Waals surface area contributed by atoms with E-state index in [2.05, 4.69) is 5.32 Å². The summed E-state index contributed by atoms with van der Waals surface area (Å²) in [6, 6.07) is 7.40. The molecule has 1 fully saturated rings. The first kappa shape index (κ1) is 18.0. The van der Waals surface area contributed by atoms with E-state index in [1.54, 1.807) is 17.5 Å². The van der Waals surface area contributed by atoms with Gasteiger partial charge in [-0.2, -0.15) is 4.31 Å². The van der Waals surface area contributed by atoms with Gasteiger partial charge in [-0.15, -0.1) is 11.3 Å². The van der Waals surface area contributed by atoms with Gasteiger partial charge < -0.3 is 5.32 Å². The zero-order chi connectivity index (χ0) is 17.9. The van der Waals surface area contributed by atoms with Gasteiger partial charge >= 0.3 is 0 Å². The van der Waals surface area contributed by atoms with Gasteiger partial charge in [0.15, 0.2) is 0 Å². The quantitative estimate of drug-likeness (QED) is 0.864. The summed E-state index contributed by atoms with van der Waals surface area (Å²) in [5.74, 6) is -0.842. The van der Waals surface area contributed by atoms with Crippen molar-refractivity contribution in [1.29, 1.82) is 0 Å². The molecule has 0 aliphatic carbocycles. The van der Waals surface area contributed by atoms with E-state index in [0.29, 0.717) is 18.7 Å². The van der Waals surface area contributed by atoms with E-state index >= 15 is 0 Å². The van der Waals surface area contributed by atoms with E-state index in [1.807, 2.05) is 0 Å². The van der Waals surface area contributed by atoms with Gasteiger partial charge in [0.1, 0.15) is 15.6 Å². The maximum Gasteiger partial charge on any atom is 0.263 e.